The van der Waals surface area contributed by atoms with Crippen LogP contribution in [0, 0.1) is 0 Å². The van der Waals surface area contributed by atoms with Crippen molar-refractivity contribution >= 4 is 5.91 Å². The van der Waals surface area contributed by atoms with Gasteiger partial charge >= 0.3 is 0 Å². The quantitative estimate of drug-likeness (QED) is 0.646. The molecular formula is C10H20N2O3. The largest absolute Gasteiger partial charge is 0.387 e. The molecule has 1 saturated heterocycles. The van der Waals surface area contributed by atoms with E-state index >= 15 is 0 Å². The molecule has 1 amide bonds. The second-order valence-corrected chi connectivity index (χ2v) is 4.04. The van der Waals surface area contributed by atoms with Crippen molar-refractivity contribution in [3.05, 3.63) is 0 Å². The molecule has 1 rings (SSSR count). The minimum Gasteiger partial charge on any atom is -0.387 e. The number of aliphatic hydroxyl groups excluding tert-OH is 1. The number of carbonyl (C=O) groups excluding carboxylic acids is 1. The summed E-state index contributed by atoms with van der Waals surface area (Å²) in [6.45, 7) is 6.80. The number of aliphatic hydroxyl groups is 1. The normalized spacial score (nSPS) is 23.1. The highest BCUT2D eigenvalue weighted by Gasteiger charge is 2.22. The van der Waals surface area contributed by atoms with E-state index in [9.17, 15) is 4.79 Å². The lowest BCUT2D eigenvalue weighted by Crippen LogP contribution is -2.49. The summed E-state index contributed by atoms with van der Waals surface area (Å²) in [7, 11) is 0. The van der Waals surface area contributed by atoms with Crippen LogP contribution in [0.15, 0.2) is 0 Å². The van der Waals surface area contributed by atoms with Crippen molar-refractivity contribution in [2.45, 2.75) is 26.0 Å². The molecule has 1 aliphatic rings. The Labute approximate surface area is 90.4 Å². The van der Waals surface area contributed by atoms with Crippen LogP contribution in [-0.4, -0.2) is 60.9 Å². The molecule has 0 aliphatic carbocycles. The van der Waals surface area contributed by atoms with Crippen LogP contribution in [0.5, 0.6) is 0 Å². The predicted octanol–water partition coefficient (Wildman–Crippen LogP) is -0.796. The lowest BCUT2D eigenvalue weighted by molar-refractivity contribution is -0.125. The van der Waals surface area contributed by atoms with Gasteiger partial charge in [0.05, 0.1) is 12.7 Å². The Morgan fingerprint density at radius 3 is 3.00 bits per heavy atom. The van der Waals surface area contributed by atoms with Crippen LogP contribution in [-0.2, 0) is 9.53 Å². The van der Waals surface area contributed by atoms with Crippen LogP contribution >= 0.6 is 0 Å². The minimum atomic E-state index is -0.458. The zero-order valence-electron chi connectivity index (χ0n) is 9.40. The van der Waals surface area contributed by atoms with E-state index in [0.717, 1.165) is 13.1 Å². The molecule has 0 saturated carbocycles. The van der Waals surface area contributed by atoms with Gasteiger partial charge in [0.2, 0.25) is 5.91 Å². The van der Waals surface area contributed by atoms with Crippen LogP contribution in [0.4, 0.5) is 0 Å². The van der Waals surface area contributed by atoms with Crippen molar-refractivity contribution in [1.82, 2.24) is 10.2 Å². The number of hydrogen-bond donors (Lipinski definition) is 2. The second kappa shape index (κ2) is 6.05. The Hall–Kier alpha value is -0.650. The molecule has 88 valence electrons. The molecule has 5 nitrogen and oxygen atoms in total. The number of ether oxygens (including phenoxy) is 1. The molecule has 1 fully saturated rings. The first-order valence-electron chi connectivity index (χ1n) is 5.36. The van der Waals surface area contributed by atoms with Gasteiger partial charge in [0.25, 0.3) is 0 Å². The average Bonchev–Trinajstić information content (AvgIpc) is 2.26. The minimum absolute atomic E-state index is 0.0386. The third kappa shape index (κ3) is 4.15. The Morgan fingerprint density at radius 2 is 2.40 bits per heavy atom. The third-order valence-corrected chi connectivity index (χ3v) is 2.57. The number of carbonyl (C=O) groups is 1. The maximum absolute atomic E-state index is 10.8. The van der Waals surface area contributed by atoms with Crippen LogP contribution in [0.25, 0.3) is 0 Å². The summed E-state index contributed by atoms with van der Waals surface area (Å²) in [4.78, 5) is 13.2. The Kier molecular flexibility index (Phi) is 5.01. The van der Waals surface area contributed by atoms with Gasteiger partial charge in [-0.15, -0.1) is 0 Å². The van der Waals surface area contributed by atoms with Gasteiger partial charge in [0.1, 0.15) is 6.61 Å². The van der Waals surface area contributed by atoms with Crippen LogP contribution in [0.2, 0.25) is 0 Å². The molecule has 0 spiro atoms. The van der Waals surface area contributed by atoms with Gasteiger partial charge in [-0.25, -0.2) is 0 Å². The molecule has 2 N–H and O–H groups in total. The third-order valence-electron chi connectivity index (χ3n) is 2.57. The monoisotopic (exact) mass is 216 g/mol. The molecule has 0 aromatic heterocycles. The molecule has 1 unspecified atom stereocenters. The fourth-order valence-corrected chi connectivity index (χ4v) is 1.62. The smallest absolute Gasteiger partial charge is 0.245 e. The summed E-state index contributed by atoms with van der Waals surface area (Å²) < 4.78 is 5.52. The van der Waals surface area contributed by atoms with Crippen LogP contribution in [0.1, 0.15) is 13.8 Å². The SMILES string of the molecule is CC(C)N1CCOC(CNC(=O)CO)C1. The average molecular weight is 216 g/mol. The molecule has 0 radical (unpaired) electrons. The van der Waals surface area contributed by atoms with Crippen molar-refractivity contribution in [2.75, 3.05) is 32.8 Å². The summed E-state index contributed by atoms with van der Waals surface area (Å²) in [6, 6.07) is 0.505. The predicted molar refractivity (Wildman–Crippen MR) is 56.5 cm³/mol. The van der Waals surface area contributed by atoms with Gasteiger partial charge in [-0.1, -0.05) is 0 Å². The number of hydrogen-bond acceptors (Lipinski definition) is 4. The van der Waals surface area contributed by atoms with Gasteiger partial charge < -0.3 is 15.2 Å². The molecule has 1 aliphatic heterocycles. The van der Waals surface area contributed by atoms with Crippen molar-refractivity contribution in [1.29, 1.82) is 0 Å². The Balaban J connectivity index is 2.27. The molecule has 5 heteroatoms. The van der Waals surface area contributed by atoms with E-state index in [1.54, 1.807) is 0 Å². The number of rotatable bonds is 4. The first-order chi connectivity index (χ1) is 7.13. The van der Waals surface area contributed by atoms with Gasteiger partial charge in [0, 0.05) is 25.7 Å². The van der Waals surface area contributed by atoms with Gasteiger partial charge in [-0.2, -0.15) is 0 Å². The summed E-state index contributed by atoms with van der Waals surface area (Å²) in [5.74, 6) is -0.347. The van der Waals surface area contributed by atoms with Crippen molar-refractivity contribution in [3.63, 3.8) is 0 Å². The van der Waals surface area contributed by atoms with E-state index in [2.05, 4.69) is 24.1 Å². The molecule has 15 heavy (non-hydrogen) atoms. The Bertz CT molecular complexity index is 209. The number of nitrogens with one attached hydrogen (secondary N) is 1. The van der Waals surface area contributed by atoms with E-state index in [0.29, 0.717) is 19.2 Å². The standard InChI is InChI=1S/C10H20N2O3/c1-8(2)12-3-4-15-9(6-12)5-11-10(14)7-13/h8-9,13H,3-7H2,1-2H3,(H,11,14). The Morgan fingerprint density at radius 1 is 1.67 bits per heavy atom. The number of nitrogens with zero attached hydrogens (tertiary/aromatic N) is 1. The maximum atomic E-state index is 10.8. The van der Waals surface area contributed by atoms with Gasteiger partial charge in [-0.3, -0.25) is 9.69 Å². The molecule has 0 aromatic carbocycles. The lowest BCUT2D eigenvalue weighted by Gasteiger charge is -2.35. The highest BCUT2D eigenvalue weighted by molar-refractivity contribution is 5.76. The topological polar surface area (TPSA) is 61.8 Å². The number of morpholine rings is 1. The second-order valence-electron chi connectivity index (χ2n) is 4.04. The molecular weight excluding hydrogens is 196 g/mol. The van der Waals surface area contributed by atoms with E-state index in [-0.39, 0.29) is 12.0 Å². The molecule has 1 heterocycles. The highest BCUT2D eigenvalue weighted by atomic mass is 16.5. The summed E-state index contributed by atoms with van der Waals surface area (Å²) in [5.41, 5.74) is 0. The van der Waals surface area contributed by atoms with Crippen molar-refractivity contribution in [3.8, 4) is 0 Å². The van der Waals surface area contributed by atoms with E-state index in [1.165, 1.54) is 0 Å². The highest BCUT2D eigenvalue weighted by Crippen LogP contribution is 2.07. The van der Waals surface area contributed by atoms with E-state index in [1.807, 2.05) is 0 Å². The van der Waals surface area contributed by atoms with E-state index < -0.39 is 6.61 Å². The number of amides is 1. The molecule has 1 atom stereocenters. The van der Waals surface area contributed by atoms with Gasteiger partial charge in [-0.05, 0) is 13.8 Å². The van der Waals surface area contributed by atoms with Gasteiger partial charge in [0.15, 0.2) is 0 Å². The lowest BCUT2D eigenvalue weighted by atomic mass is 10.2. The van der Waals surface area contributed by atoms with Crippen LogP contribution in [0.3, 0.4) is 0 Å². The van der Waals surface area contributed by atoms with Crippen molar-refractivity contribution < 1.29 is 14.6 Å². The maximum Gasteiger partial charge on any atom is 0.245 e. The first-order valence-corrected chi connectivity index (χ1v) is 5.36. The summed E-state index contributed by atoms with van der Waals surface area (Å²) in [5, 5.41) is 11.2. The molecule has 0 bridgehead atoms. The first kappa shape index (κ1) is 12.4. The fraction of sp³-hybridized carbons (Fsp3) is 0.900. The summed E-state index contributed by atoms with van der Waals surface area (Å²) >= 11 is 0. The zero-order valence-corrected chi connectivity index (χ0v) is 9.40. The molecule has 0 aromatic rings. The van der Waals surface area contributed by atoms with Crippen LogP contribution < -0.4 is 5.32 Å². The fourth-order valence-electron chi connectivity index (χ4n) is 1.62. The van der Waals surface area contributed by atoms with Crippen molar-refractivity contribution in [2.24, 2.45) is 0 Å². The van der Waals surface area contributed by atoms with E-state index in [4.69, 9.17) is 9.84 Å². The summed E-state index contributed by atoms with van der Waals surface area (Å²) in [6.07, 6.45) is 0.0386. The zero-order chi connectivity index (χ0) is 11.3.